The minimum Gasteiger partial charge on any atom is -0.481 e. The summed E-state index contributed by atoms with van der Waals surface area (Å²) in [6.45, 7) is 3.27. The summed E-state index contributed by atoms with van der Waals surface area (Å²) in [6.07, 6.45) is 0.0795. The van der Waals surface area contributed by atoms with E-state index < -0.39 is 21.5 Å². The Morgan fingerprint density at radius 3 is 2.55 bits per heavy atom. The molecule has 0 aliphatic carbocycles. The minimum absolute atomic E-state index is 0.0668. The van der Waals surface area contributed by atoms with Crippen molar-refractivity contribution in [1.29, 1.82) is 0 Å². The molecule has 2 N–H and O–H groups in total. The molecule has 0 bridgehead atoms. The molecule has 5 nitrogen and oxygen atoms in total. The molecule has 0 atom stereocenters. The van der Waals surface area contributed by atoms with Crippen molar-refractivity contribution >= 4 is 43.5 Å². The number of rotatable bonds is 6. The highest BCUT2D eigenvalue weighted by Gasteiger charge is 2.27. The average molecular weight is 385 g/mol. The number of sulfonamides is 1. The van der Waals surface area contributed by atoms with E-state index in [-0.39, 0.29) is 17.7 Å². The van der Waals surface area contributed by atoms with Gasteiger partial charge in [0.1, 0.15) is 0 Å². The molecule has 0 amide bonds. The molecule has 0 saturated heterocycles. The molecule has 1 aromatic carbocycles. The second kappa shape index (κ2) is 6.43. The molecular weight excluding hydrogens is 370 g/mol. The Morgan fingerprint density at radius 1 is 1.45 bits per heavy atom. The molecule has 0 aromatic heterocycles. The monoisotopic (exact) mass is 383 g/mol. The van der Waals surface area contributed by atoms with Crippen LogP contribution in [0.4, 0.5) is 0 Å². The Bertz CT molecular complexity index is 616. The Balaban J connectivity index is 2.93. The minimum atomic E-state index is -3.74. The van der Waals surface area contributed by atoms with Crippen LogP contribution in [0.3, 0.4) is 0 Å². The molecule has 0 unspecified atom stereocenters. The number of hydrogen-bond acceptors (Lipinski definition) is 3. The largest absolute Gasteiger partial charge is 0.481 e. The number of carbonyl (C=O) groups is 1. The Hall–Kier alpha value is -0.630. The van der Waals surface area contributed by atoms with Gasteiger partial charge in [-0.2, -0.15) is 0 Å². The third-order valence-electron chi connectivity index (χ3n) is 2.58. The SMILES string of the molecule is CC(C)(CCC(=O)O)NS(=O)(=O)c1ccc(Cl)c(Br)c1. The summed E-state index contributed by atoms with van der Waals surface area (Å²) in [5, 5.41) is 9.07. The summed E-state index contributed by atoms with van der Waals surface area (Å²) in [5.41, 5.74) is -0.858. The van der Waals surface area contributed by atoms with Crippen molar-refractivity contribution in [2.24, 2.45) is 0 Å². The number of carboxylic acids is 1. The van der Waals surface area contributed by atoms with Crippen LogP contribution >= 0.6 is 27.5 Å². The molecule has 8 heteroatoms. The Labute approximate surface area is 131 Å². The molecule has 0 aliphatic heterocycles. The van der Waals surface area contributed by atoms with Gasteiger partial charge in [0.2, 0.25) is 10.0 Å². The van der Waals surface area contributed by atoms with E-state index in [0.717, 1.165) is 0 Å². The van der Waals surface area contributed by atoms with Gasteiger partial charge in [-0.25, -0.2) is 13.1 Å². The Morgan fingerprint density at radius 2 is 2.05 bits per heavy atom. The molecule has 1 aromatic rings. The number of hydrogen-bond donors (Lipinski definition) is 2. The maximum Gasteiger partial charge on any atom is 0.303 e. The molecular formula is C12H15BrClNO4S. The van der Waals surface area contributed by atoms with Crippen molar-refractivity contribution in [3.63, 3.8) is 0 Å². The van der Waals surface area contributed by atoms with Gasteiger partial charge in [0.15, 0.2) is 0 Å². The van der Waals surface area contributed by atoms with Crippen LogP contribution < -0.4 is 4.72 Å². The first-order chi connectivity index (χ1) is 9.03. The lowest BCUT2D eigenvalue weighted by atomic mass is 10.0. The summed E-state index contributed by atoms with van der Waals surface area (Å²) >= 11 is 8.99. The average Bonchev–Trinajstić information content (AvgIpc) is 2.29. The molecule has 0 fully saturated rings. The van der Waals surface area contributed by atoms with Gasteiger partial charge >= 0.3 is 5.97 Å². The third-order valence-corrected chi connectivity index (χ3v) is 5.49. The molecule has 0 radical (unpaired) electrons. The van der Waals surface area contributed by atoms with Crippen LogP contribution in [0.25, 0.3) is 0 Å². The molecule has 0 spiro atoms. The van der Waals surface area contributed by atoms with Crippen LogP contribution in [0, 0.1) is 0 Å². The maximum atomic E-state index is 12.2. The van der Waals surface area contributed by atoms with Gasteiger partial charge in [-0.15, -0.1) is 0 Å². The zero-order valence-corrected chi connectivity index (χ0v) is 14.1. The van der Waals surface area contributed by atoms with E-state index >= 15 is 0 Å². The molecule has 0 saturated carbocycles. The van der Waals surface area contributed by atoms with E-state index in [9.17, 15) is 13.2 Å². The summed E-state index contributed by atoms with van der Waals surface area (Å²) in [4.78, 5) is 10.6. The lowest BCUT2D eigenvalue weighted by Gasteiger charge is -2.25. The fraction of sp³-hybridized carbons (Fsp3) is 0.417. The highest BCUT2D eigenvalue weighted by Crippen LogP contribution is 2.26. The van der Waals surface area contributed by atoms with E-state index in [1.807, 2.05) is 0 Å². The smallest absolute Gasteiger partial charge is 0.303 e. The number of halogens is 2. The van der Waals surface area contributed by atoms with Gasteiger partial charge in [-0.3, -0.25) is 4.79 Å². The van der Waals surface area contributed by atoms with Crippen LogP contribution in [0.1, 0.15) is 26.7 Å². The van der Waals surface area contributed by atoms with Crippen LogP contribution in [0.15, 0.2) is 27.6 Å². The third kappa shape index (κ3) is 5.05. The first-order valence-electron chi connectivity index (χ1n) is 5.74. The van der Waals surface area contributed by atoms with Crippen LogP contribution in [-0.4, -0.2) is 25.0 Å². The first kappa shape index (κ1) is 17.4. The van der Waals surface area contributed by atoms with Gasteiger partial charge in [0.25, 0.3) is 0 Å². The standard InChI is InChI=1S/C12H15BrClNO4S/c1-12(2,6-5-11(16)17)15-20(18,19)8-3-4-10(14)9(13)7-8/h3-4,7,15H,5-6H2,1-2H3,(H,16,17). The molecule has 20 heavy (non-hydrogen) atoms. The van der Waals surface area contributed by atoms with E-state index in [0.29, 0.717) is 9.50 Å². The van der Waals surface area contributed by atoms with Gasteiger partial charge in [-0.05, 0) is 54.4 Å². The van der Waals surface area contributed by atoms with Crippen LogP contribution in [0.2, 0.25) is 5.02 Å². The predicted octanol–water partition coefficient (Wildman–Crippen LogP) is 3.02. The van der Waals surface area contributed by atoms with E-state index in [1.165, 1.54) is 18.2 Å². The predicted molar refractivity (Wildman–Crippen MR) is 80.4 cm³/mol. The maximum absolute atomic E-state index is 12.2. The van der Waals surface area contributed by atoms with E-state index in [2.05, 4.69) is 20.7 Å². The molecule has 0 heterocycles. The van der Waals surface area contributed by atoms with Crippen LogP contribution in [-0.2, 0) is 14.8 Å². The zero-order chi connectivity index (χ0) is 15.6. The molecule has 112 valence electrons. The fourth-order valence-electron chi connectivity index (χ4n) is 1.54. The Kier molecular flexibility index (Phi) is 5.60. The van der Waals surface area contributed by atoms with Gasteiger partial charge in [-0.1, -0.05) is 11.6 Å². The van der Waals surface area contributed by atoms with Crippen molar-refractivity contribution < 1.29 is 18.3 Å². The van der Waals surface area contributed by atoms with Crippen molar-refractivity contribution in [3.8, 4) is 0 Å². The summed E-state index contributed by atoms with van der Waals surface area (Å²) in [5.74, 6) is -0.966. The number of nitrogens with one attached hydrogen (secondary N) is 1. The summed E-state index contributed by atoms with van der Waals surface area (Å²) in [6, 6.07) is 4.27. The topological polar surface area (TPSA) is 83.5 Å². The quantitative estimate of drug-likeness (QED) is 0.789. The van der Waals surface area contributed by atoms with Crippen molar-refractivity contribution in [1.82, 2.24) is 4.72 Å². The normalized spacial score (nSPS) is 12.4. The van der Waals surface area contributed by atoms with Gasteiger partial charge in [0.05, 0.1) is 9.92 Å². The lowest BCUT2D eigenvalue weighted by Crippen LogP contribution is -2.43. The number of aliphatic carboxylic acids is 1. The van der Waals surface area contributed by atoms with Crippen LogP contribution in [0.5, 0.6) is 0 Å². The van der Waals surface area contributed by atoms with E-state index in [1.54, 1.807) is 13.8 Å². The molecule has 0 aliphatic rings. The summed E-state index contributed by atoms with van der Waals surface area (Å²) < 4.78 is 27.4. The second-order valence-electron chi connectivity index (χ2n) is 4.96. The highest BCUT2D eigenvalue weighted by molar-refractivity contribution is 9.10. The van der Waals surface area contributed by atoms with Crippen molar-refractivity contribution in [2.75, 3.05) is 0 Å². The number of carboxylic acid groups (broad SMARTS) is 1. The molecule has 1 rings (SSSR count). The van der Waals surface area contributed by atoms with E-state index in [4.69, 9.17) is 16.7 Å². The first-order valence-corrected chi connectivity index (χ1v) is 8.40. The highest BCUT2D eigenvalue weighted by atomic mass is 79.9. The van der Waals surface area contributed by atoms with Crippen molar-refractivity contribution in [3.05, 3.63) is 27.7 Å². The fourth-order valence-corrected chi connectivity index (χ4v) is 3.65. The summed E-state index contributed by atoms with van der Waals surface area (Å²) in [7, 11) is -3.74. The van der Waals surface area contributed by atoms with Crippen molar-refractivity contribution in [2.45, 2.75) is 37.1 Å². The van der Waals surface area contributed by atoms with Gasteiger partial charge in [0, 0.05) is 16.4 Å². The van der Waals surface area contributed by atoms with Gasteiger partial charge < -0.3 is 5.11 Å². The zero-order valence-electron chi connectivity index (χ0n) is 11.0. The second-order valence-corrected chi connectivity index (χ2v) is 7.90. The number of benzene rings is 1. The lowest BCUT2D eigenvalue weighted by molar-refractivity contribution is -0.137.